The van der Waals surface area contributed by atoms with Crippen molar-refractivity contribution in [2.75, 3.05) is 45.6 Å². The molecule has 0 heterocycles. The molecule has 2 aromatic carbocycles. The minimum Gasteiger partial charge on any atom is -0.495 e. The summed E-state index contributed by atoms with van der Waals surface area (Å²) in [5.74, 6) is -0.955. The summed E-state index contributed by atoms with van der Waals surface area (Å²) in [6.07, 6.45) is 0. The maximum atomic E-state index is 12.5. The molecule has 0 saturated heterocycles. The number of halogens is 1. The van der Waals surface area contributed by atoms with E-state index in [2.05, 4.69) is 15.4 Å². The van der Waals surface area contributed by atoms with E-state index in [1.807, 2.05) is 0 Å². The first-order valence-electron chi connectivity index (χ1n) is 8.60. The van der Waals surface area contributed by atoms with Crippen LogP contribution in [0.25, 0.3) is 0 Å². The van der Waals surface area contributed by atoms with E-state index in [1.54, 1.807) is 0 Å². The van der Waals surface area contributed by atoms with Crippen molar-refractivity contribution in [1.29, 1.82) is 0 Å². The Morgan fingerprint density at radius 1 is 0.867 bits per heavy atom. The minimum absolute atomic E-state index is 0.156. The van der Waals surface area contributed by atoms with Crippen molar-refractivity contribution in [3.8, 4) is 11.5 Å². The van der Waals surface area contributed by atoms with Crippen molar-refractivity contribution in [1.82, 2.24) is 0 Å². The molecule has 2 aromatic rings. The summed E-state index contributed by atoms with van der Waals surface area (Å²) >= 11 is 6.06. The van der Waals surface area contributed by atoms with Gasteiger partial charge in [0.2, 0.25) is 5.91 Å². The van der Waals surface area contributed by atoms with Gasteiger partial charge in [0.15, 0.2) is 0 Å². The fourth-order valence-electron chi connectivity index (χ4n) is 2.55. The number of benzene rings is 2. The van der Waals surface area contributed by atoms with E-state index in [0.29, 0.717) is 22.2 Å². The molecule has 0 spiro atoms. The third-order valence-electron chi connectivity index (χ3n) is 4.03. The van der Waals surface area contributed by atoms with E-state index in [0.717, 1.165) is 0 Å². The van der Waals surface area contributed by atoms with Crippen molar-refractivity contribution in [2.24, 2.45) is 0 Å². The molecular formula is C20H21ClN2O7. The Morgan fingerprint density at radius 3 is 2.13 bits per heavy atom. The summed E-state index contributed by atoms with van der Waals surface area (Å²) in [5.41, 5.74) is 0.948. The molecule has 0 aliphatic rings. The number of anilines is 2. The molecular weight excluding hydrogens is 416 g/mol. The van der Waals surface area contributed by atoms with Gasteiger partial charge in [-0.25, -0.2) is 9.59 Å². The summed E-state index contributed by atoms with van der Waals surface area (Å²) in [6, 6.07) is 7.27. The monoisotopic (exact) mass is 436 g/mol. The molecule has 2 N–H and O–H groups in total. The zero-order valence-corrected chi connectivity index (χ0v) is 17.6. The van der Waals surface area contributed by atoms with Crippen LogP contribution in [0.2, 0.25) is 5.02 Å². The van der Waals surface area contributed by atoms with E-state index in [4.69, 9.17) is 25.8 Å². The Balaban J connectivity index is 2.21. The topological polar surface area (TPSA) is 112 Å². The fourth-order valence-corrected chi connectivity index (χ4v) is 2.78. The largest absolute Gasteiger partial charge is 0.495 e. The lowest BCUT2D eigenvalue weighted by Gasteiger charge is -2.15. The fraction of sp³-hybridized carbons (Fsp3) is 0.250. The van der Waals surface area contributed by atoms with E-state index in [-0.39, 0.29) is 23.4 Å². The lowest BCUT2D eigenvalue weighted by Crippen LogP contribution is -2.23. The van der Waals surface area contributed by atoms with Crippen molar-refractivity contribution >= 4 is 40.8 Å². The number of ether oxygens (including phenoxy) is 4. The highest BCUT2D eigenvalue weighted by Crippen LogP contribution is 2.35. The third-order valence-corrected chi connectivity index (χ3v) is 4.33. The van der Waals surface area contributed by atoms with Crippen LogP contribution in [0.4, 0.5) is 11.4 Å². The number of methoxy groups -OCH3 is 4. The molecule has 9 nitrogen and oxygen atoms in total. The van der Waals surface area contributed by atoms with E-state index in [9.17, 15) is 14.4 Å². The molecule has 0 aliphatic heterocycles. The molecule has 0 aromatic heterocycles. The summed E-state index contributed by atoms with van der Waals surface area (Å²) in [6.45, 7) is -0.220. The first-order chi connectivity index (χ1) is 14.3. The number of esters is 2. The molecule has 2 rings (SSSR count). The van der Waals surface area contributed by atoms with Gasteiger partial charge in [-0.05, 0) is 18.2 Å². The van der Waals surface area contributed by atoms with Crippen LogP contribution in [-0.4, -0.2) is 52.8 Å². The molecule has 0 bridgehead atoms. The van der Waals surface area contributed by atoms with Gasteiger partial charge in [0.1, 0.15) is 11.5 Å². The van der Waals surface area contributed by atoms with Crippen molar-refractivity contribution in [3.63, 3.8) is 0 Å². The molecule has 1 amide bonds. The van der Waals surface area contributed by atoms with Crippen molar-refractivity contribution < 1.29 is 33.3 Å². The highest BCUT2D eigenvalue weighted by molar-refractivity contribution is 6.32. The van der Waals surface area contributed by atoms with Gasteiger partial charge in [0.25, 0.3) is 0 Å². The quantitative estimate of drug-likeness (QED) is 0.607. The lowest BCUT2D eigenvalue weighted by molar-refractivity contribution is -0.114. The first kappa shape index (κ1) is 22.8. The maximum absolute atomic E-state index is 12.5. The highest BCUT2D eigenvalue weighted by atomic mass is 35.5. The van der Waals surface area contributed by atoms with Crippen molar-refractivity contribution in [3.05, 3.63) is 46.5 Å². The Bertz CT molecular complexity index is 962. The van der Waals surface area contributed by atoms with Gasteiger partial charge < -0.3 is 29.6 Å². The Hall–Kier alpha value is -3.46. The Labute approximate surface area is 178 Å². The third kappa shape index (κ3) is 5.32. The number of nitrogens with one attached hydrogen (secondary N) is 2. The van der Waals surface area contributed by atoms with Gasteiger partial charge in [0, 0.05) is 17.8 Å². The Kier molecular flexibility index (Phi) is 7.88. The van der Waals surface area contributed by atoms with Gasteiger partial charge in [-0.1, -0.05) is 11.6 Å². The van der Waals surface area contributed by atoms with Gasteiger partial charge >= 0.3 is 11.9 Å². The number of carbonyl (C=O) groups is 3. The number of amides is 1. The normalized spacial score (nSPS) is 10.0. The smallest absolute Gasteiger partial charge is 0.339 e. The highest BCUT2D eigenvalue weighted by Gasteiger charge is 2.17. The summed E-state index contributed by atoms with van der Waals surface area (Å²) < 4.78 is 19.8. The molecule has 0 radical (unpaired) electrons. The molecule has 0 atom stereocenters. The number of rotatable bonds is 8. The molecule has 0 saturated carbocycles. The zero-order chi connectivity index (χ0) is 22.3. The maximum Gasteiger partial charge on any atom is 0.339 e. The summed E-state index contributed by atoms with van der Waals surface area (Å²) in [4.78, 5) is 36.2. The number of hydrogen-bond acceptors (Lipinski definition) is 8. The van der Waals surface area contributed by atoms with Crippen LogP contribution in [0.1, 0.15) is 20.7 Å². The van der Waals surface area contributed by atoms with E-state index in [1.165, 1.54) is 58.8 Å². The Morgan fingerprint density at radius 2 is 1.53 bits per heavy atom. The second-order valence-corrected chi connectivity index (χ2v) is 6.24. The molecule has 160 valence electrons. The summed E-state index contributed by atoms with van der Waals surface area (Å²) in [7, 11) is 5.36. The molecule has 0 unspecified atom stereocenters. The van der Waals surface area contributed by atoms with Gasteiger partial charge in [0.05, 0.1) is 56.8 Å². The van der Waals surface area contributed by atoms with Crippen LogP contribution < -0.4 is 20.1 Å². The molecule has 0 aliphatic carbocycles. The van der Waals surface area contributed by atoms with E-state index >= 15 is 0 Å². The SMILES string of the molecule is COC(=O)c1ccc(C(=O)OC)c(NCC(=O)Nc2cc(OC)c(Cl)cc2OC)c1. The summed E-state index contributed by atoms with van der Waals surface area (Å²) in [5, 5.41) is 5.83. The van der Waals surface area contributed by atoms with Crippen LogP contribution in [0.15, 0.2) is 30.3 Å². The van der Waals surface area contributed by atoms with Crippen LogP contribution in [0, 0.1) is 0 Å². The van der Waals surface area contributed by atoms with Crippen LogP contribution in [0.3, 0.4) is 0 Å². The molecule has 0 fully saturated rings. The van der Waals surface area contributed by atoms with Gasteiger partial charge in [-0.15, -0.1) is 0 Å². The lowest BCUT2D eigenvalue weighted by atomic mass is 10.1. The van der Waals surface area contributed by atoms with Crippen molar-refractivity contribution in [2.45, 2.75) is 0 Å². The second-order valence-electron chi connectivity index (χ2n) is 5.83. The zero-order valence-electron chi connectivity index (χ0n) is 16.8. The average Bonchev–Trinajstić information content (AvgIpc) is 2.77. The van der Waals surface area contributed by atoms with Crippen LogP contribution >= 0.6 is 11.6 Å². The first-order valence-corrected chi connectivity index (χ1v) is 8.98. The molecule has 10 heteroatoms. The minimum atomic E-state index is -0.626. The average molecular weight is 437 g/mol. The standard InChI is InChI=1S/C20H21ClN2O7/c1-27-16-9-15(17(28-2)8-13(16)21)23-18(24)10-22-14-7-11(19(25)29-3)5-6-12(14)20(26)30-4/h5-9,22H,10H2,1-4H3,(H,23,24). The van der Waals surface area contributed by atoms with Crippen LogP contribution in [0.5, 0.6) is 11.5 Å². The number of hydrogen-bond donors (Lipinski definition) is 2. The predicted molar refractivity (Wildman–Crippen MR) is 111 cm³/mol. The van der Waals surface area contributed by atoms with Gasteiger partial charge in [-0.3, -0.25) is 4.79 Å². The predicted octanol–water partition coefficient (Wildman–Crippen LogP) is 2.98. The second kappa shape index (κ2) is 10.4. The molecule has 30 heavy (non-hydrogen) atoms. The van der Waals surface area contributed by atoms with E-state index < -0.39 is 17.8 Å². The van der Waals surface area contributed by atoms with Crippen LogP contribution in [-0.2, 0) is 14.3 Å². The van der Waals surface area contributed by atoms with Gasteiger partial charge in [-0.2, -0.15) is 0 Å². The number of carbonyl (C=O) groups excluding carboxylic acids is 3.